The van der Waals surface area contributed by atoms with Gasteiger partial charge in [-0.3, -0.25) is 4.79 Å². The second-order valence-electron chi connectivity index (χ2n) is 3.66. The zero-order valence-electron chi connectivity index (χ0n) is 8.99. The summed E-state index contributed by atoms with van der Waals surface area (Å²) in [7, 11) is 1.88. The van der Waals surface area contributed by atoms with Crippen LogP contribution in [-0.4, -0.2) is 15.3 Å². The number of rotatable bonds is 6. The van der Waals surface area contributed by atoms with Crippen molar-refractivity contribution >= 4 is 5.78 Å². The van der Waals surface area contributed by atoms with Gasteiger partial charge in [-0.1, -0.05) is 26.2 Å². The highest BCUT2D eigenvalue weighted by molar-refractivity contribution is 5.93. The molecule has 0 spiro atoms. The highest BCUT2D eigenvalue weighted by Crippen LogP contribution is 2.07. The van der Waals surface area contributed by atoms with Crippen LogP contribution >= 0.6 is 0 Å². The van der Waals surface area contributed by atoms with Crippen LogP contribution in [0.25, 0.3) is 0 Å². The largest absolute Gasteiger partial charge is 0.340 e. The third-order valence-corrected chi connectivity index (χ3v) is 2.25. The maximum Gasteiger partial charge on any atom is 0.182 e. The van der Waals surface area contributed by atoms with Gasteiger partial charge in [0.15, 0.2) is 5.78 Å². The number of nitrogens with zero attached hydrogens (tertiary/aromatic N) is 2. The van der Waals surface area contributed by atoms with E-state index < -0.39 is 0 Å². The fourth-order valence-electron chi connectivity index (χ4n) is 1.40. The third-order valence-electron chi connectivity index (χ3n) is 2.25. The van der Waals surface area contributed by atoms with Crippen LogP contribution in [0, 0.1) is 0 Å². The number of imidazole rings is 1. The monoisotopic (exact) mass is 194 g/mol. The van der Waals surface area contributed by atoms with E-state index in [4.69, 9.17) is 0 Å². The molecule has 1 heterocycles. The molecule has 3 heteroatoms. The first-order chi connectivity index (χ1) is 6.74. The predicted octanol–water partition coefficient (Wildman–Crippen LogP) is 2.57. The van der Waals surface area contributed by atoms with Gasteiger partial charge in [0, 0.05) is 19.7 Å². The van der Waals surface area contributed by atoms with E-state index in [9.17, 15) is 4.79 Å². The summed E-state index contributed by atoms with van der Waals surface area (Å²) in [6.45, 7) is 2.17. The lowest BCUT2D eigenvalue weighted by molar-refractivity contribution is 0.0974. The molecule has 0 saturated carbocycles. The zero-order valence-corrected chi connectivity index (χ0v) is 8.99. The molecule has 0 bridgehead atoms. The van der Waals surface area contributed by atoms with Crippen molar-refractivity contribution in [2.45, 2.75) is 39.0 Å². The van der Waals surface area contributed by atoms with Gasteiger partial charge in [-0.15, -0.1) is 0 Å². The van der Waals surface area contributed by atoms with Crippen molar-refractivity contribution in [2.75, 3.05) is 0 Å². The molecule has 1 aromatic heterocycles. The molecular formula is C11H18N2O. The molecule has 0 amide bonds. The predicted molar refractivity (Wildman–Crippen MR) is 56.3 cm³/mol. The molecule has 0 aliphatic heterocycles. The van der Waals surface area contributed by atoms with Gasteiger partial charge in [0.05, 0.1) is 6.33 Å². The molecule has 3 nitrogen and oxygen atoms in total. The van der Waals surface area contributed by atoms with Gasteiger partial charge in [0.2, 0.25) is 0 Å². The topological polar surface area (TPSA) is 34.9 Å². The number of carbonyl (C=O) groups excluding carboxylic acids is 1. The Labute approximate surface area is 85.2 Å². The Hall–Kier alpha value is -1.12. The standard InChI is InChI=1S/C11H18N2O/c1-3-4-5-6-7-11(14)10-8-13(2)9-12-10/h8-9H,3-7H2,1-2H3. The van der Waals surface area contributed by atoms with Crippen molar-refractivity contribution in [1.29, 1.82) is 0 Å². The molecule has 1 rings (SSSR count). The van der Waals surface area contributed by atoms with E-state index in [1.807, 2.05) is 7.05 Å². The third kappa shape index (κ3) is 3.32. The van der Waals surface area contributed by atoms with Crippen molar-refractivity contribution in [2.24, 2.45) is 7.05 Å². The molecule has 0 aliphatic rings. The second kappa shape index (κ2) is 5.58. The van der Waals surface area contributed by atoms with E-state index in [2.05, 4.69) is 11.9 Å². The Morgan fingerprint density at radius 3 is 2.79 bits per heavy atom. The van der Waals surface area contributed by atoms with Crippen molar-refractivity contribution in [3.05, 3.63) is 18.2 Å². The summed E-state index contributed by atoms with van der Waals surface area (Å²) < 4.78 is 1.80. The maximum atomic E-state index is 11.5. The molecule has 14 heavy (non-hydrogen) atoms. The quantitative estimate of drug-likeness (QED) is 0.515. The van der Waals surface area contributed by atoms with E-state index in [1.54, 1.807) is 17.1 Å². The van der Waals surface area contributed by atoms with Crippen molar-refractivity contribution in [3.8, 4) is 0 Å². The fourth-order valence-corrected chi connectivity index (χ4v) is 1.40. The van der Waals surface area contributed by atoms with Gasteiger partial charge in [-0.25, -0.2) is 4.98 Å². The molecular weight excluding hydrogens is 176 g/mol. The van der Waals surface area contributed by atoms with Crippen LogP contribution in [0.1, 0.15) is 49.5 Å². The molecule has 1 aromatic rings. The summed E-state index contributed by atoms with van der Waals surface area (Å²) >= 11 is 0. The minimum absolute atomic E-state index is 0.168. The van der Waals surface area contributed by atoms with Gasteiger partial charge >= 0.3 is 0 Å². The van der Waals surface area contributed by atoms with Gasteiger partial charge in [-0.05, 0) is 6.42 Å². The fraction of sp³-hybridized carbons (Fsp3) is 0.636. The molecule has 0 fully saturated rings. The molecule has 0 atom stereocenters. The van der Waals surface area contributed by atoms with Gasteiger partial charge in [-0.2, -0.15) is 0 Å². The number of aryl methyl sites for hydroxylation is 1. The molecule has 0 aromatic carbocycles. The normalized spacial score (nSPS) is 10.4. The van der Waals surface area contributed by atoms with Gasteiger partial charge in [0.1, 0.15) is 5.69 Å². The lowest BCUT2D eigenvalue weighted by Crippen LogP contribution is -1.99. The van der Waals surface area contributed by atoms with Crippen LogP contribution in [0.2, 0.25) is 0 Å². The maximum absolute atomic E-state index is 11.5. The average Bonchev–Trinajstić information content (AvgIpc) is 2.59. The summed E-state index contributed by atoms with van der Waals surface area (Å²) in [5.41, 5.74) is 0.601. The molecule has 0 unspecified atom stereocenters. The number of carbonyl (C=O) groups is 1. The number of unbranched alkanes of at least 4 members (excludes halogenated alkanes) is 3. The highest BCUT2D eigenvalue weighted by Gasteiger charge is 2.07. The summed E-state index contributed by atoms with van der Waals surface area (Å²) in [5.74, 6) is 0.168. The first-order valence-electron chi connectivity index (χ1n) is 5.25. The molecule has 78 valence electrons. The average molecular weight is 194 g/mol. The molecule has 0 aliphatic carbocycles. The number of Topliss-reactive ketones (excluding diaryl/α,β-unsaturated/α-hetero) is 1. The Morgan fingerprint density at radius 2 is 2.21 bits per heavy atom. The van der Waals surface area contributed by atoms with E-state index in [-0.39, 0.29) is 5.78 Å². The number of aromatic nitrogens is 2. The summed E-state index contributed by atoms with van der Waals surface area (Å²) in [6.07, 6.45) is 8.64. The Balaban J connectivity index is 2.29. The summed E-state index contributed by atoms with van der Waals surface area (Å²) in [4.78, 5) is 15.6. The van der Waals surface area contributed by atoms with E-state index in [0.29, 0.717) is 12.1 Å². The smallest absolute Gasteiger partial charge is 0.182 e. The number of hydrogen-bond acceptors (Lipinski definition) is 2. The van der Waals surface area contributed by atoms with E-state index in [0.717, 1.165) is 12.8 Å². The van der Waals surface area contributed by atoms with Crippen LogP contribution in [0.4, 0.5) is 0 Å². The Bertz CT molecular complexity index is 291. The van der Waals surface area contributed by atoms with Gasteiger partial charge in [0.25, 0.3) is 0 Å². The molecule has 0 radical (unpaired) electrons. The zero-order chi connectivity index (χ0) is 10.4. The minimum Gasteiger partial charge on any atom is -0.340 e. The summed E-state index contributed by atoms with van der Waals surface area (Å²) in [6, 6.07) is 0. The van der Waals surface area contributed by atoms with Crippen LogP contribution < -0.4 is 0 Å². The van der Waals surface area contributed by atoms with Gasteiger partial charge < -0.3 is 4.57 Å². The van der Waals surface area contributed by atoms with Crippen molar-refractivity contribution in [3.63, 3.8) is 0 Å². The number of ketones is 1. The van der Waals surface area contributed by atoms with Crippen LogP contribution in [0.3, 0.4) is 0 Å². The highest BCUT2D eigenvalue weighted by atomic mass is 16.1. The SMILES string of the molecule is CCCCCCC(=O)c1cn(C)cn1. The lowest BCUT2D eigenvalue weighted by atomic mass is 10.1. The lowest BCUT2D eigenvalue weighted by Gasteiger charge is -1.96. The van der Waals surface area contributed by atoms with Crippen LogP contribution in [-0.2, 0) is 7.05 Å². The number of hydrogen-bond donors (Lipinski definition) is 0. The van der Waals surface area contributed by atoms with Crippen LogP contribution in [0.15, 0.2) is 12.5 Å². The van der Waals surface area contributed by atoms with Crippen molar-refractivity contribution in [1.82, 2.24) is 9.55 Å². The molecule has 0 saturated heterocycles. The first-order valence-corrected chi connectivity index (χ1v) is 5.25. The van der Waals surface area contributed by atoms with E-state index >= 15 is 0 Å². The Morgan fingerprint density at radius 1 is 1.43 bits per heavy atom. The molecule has 0 N–H and O–H groups in total. The van der Waals surface area contributed by atoms with Crippen molar-refractivity contribution < 1.29 is 4.79 Å². The second-order valence-corrected chi connectivity index (χ2v) is 3.66. The van der Waals surface area contributed by atoms with E-state index in [1.165, 1.54) is 12.8 Å². The minimum atomic E-state index is 0.168. The Kier molecular flexibility index (Phi) is 4.36. The summed E-state index contributed by atoms with van der Waals surface area (Å²) in [5, 5.41) is 0. The first kappa shape index (κ1) is 11.0. The van der Waals surface area contributed by atoms with Crippen LogP contribution in [0.5, 0.6) is 0 Å².